The van der Waals surface area contributed by atoms with Gasteiger partial charge in [0.2, 0.25) is 21.8 Å². The minimum Gasteiger partial charge on any atom is -0.352 e. The smallest absolute Gasteiger partial charge is 0.352 e. The molecule has 37 heavy (non-hydrogen) atoms. The highest BCUT2D eigenvalue weighted by Crippen LogP contribution is 2.32. The molecule has 0 saturated heterocycles. The van der Waals surface area contributed by atoms with Crippen molar-refractivity contribution in [1.82, 2.24) is 10.2 Å². The number of alkyl halides is 3. The van der Waals surface area contributed by atoms with E-state index in [0.717, 1.165) is 29.5 Å². The van der Waals surface area contributed by atoms with E-state index in [9.17, 15) is 31.2 Å². The van der Waals surface area contributed by atoms with Gasteiger partial charge in [-0.3, -0.25) is 13.9 Å². The molecule has 2 atom stereocenters. The average Bonchev–Trinajstić information content (AvgIpc) is 2.81. The number of benzene rings is 2. The van der Waals surface area contributed by atoms with Gasteiger partial charge in [0, 0.05) is 12.6 Å². The lowest BCUT2D eigenvalue weighted by Crippen LogP contribution is -2.53. The molecular formula is C26H34F3N3O4S. The highest BCUT2D eigenvalue weighted by atomic mass is 32.2. The highest BCUT2D eigenvalue weighted by Gasteiger charge is 2.34. The number of carbonyl (C=O) groups excluding carboxylic acids is 2. The van der Waals surface area contributed by atoms with Gasteiger partial charge in [-0.2, -0.15) is 13.2 Å². The van der Waals surface area contributed by atoms with Crippen LogP contribution in [-0.2, 0) is 32.3 Å². The van der Waals surface area contributed by atoms with Gasteiger partial charge in [-0.05, 0) is 50.5 Å². The molecule has 0 aliphatic rings. The Balaban J connectivity index is 2.49. The third-order valence-corrected chi connectivity index (χ3v) is 7.10. The van der Waals surface area contributed by atoms with Crippen LogP contribution in [0.25, 0.3) is 0 Å². The summed E-state index contributed by atoms with van der Waals surface area (Å²) in [5, 5.41) is 2.86. The van der Waals surface area contributed by atoms with Gasteiger partial charge in [0.25, 0.3) is 0 Å². The number of sulfonamides is 1. The molecule has 0 aliphatic heterocycles. The molecule has 0 unspecified atom stereocenters. The first-order valence-electron chi connectivity index (χ1n) is 12.0. The van der Waals surface area contributed by atoms with Gasteiger partial charge in [-0.15, -0.1) is 0 Å². The molecule has 0 fully saturated rings. The van der Waals surface area contributed by atoms with Crippen LogP contribution in [0.15, 0.2) is 48.5 Å². The third-order valence-electron chi connectivity index (χ3n) is 5.96. The maximum Gasteiger partial charge on any atom is 0.416 e. The molecule has 2 amide bonds. The van der Waals surface area contributed by atoms with Gasteiger partial charge >= 0.3 is 6.18 Å². The van der Waals surface area contributed by atoms with Gasteiger partial charge in [0.15, 0.2) is 0 Å². The first kappa shape index (κ1) is 30.1. The summed E-state index contributed by atoms with van der Waals surface area (Å²) in [6.07, 6.45) is -2.95. The minimum atomic E-state index is -4.69. The van der Waals surface area contributed by atoms with E-state index in [1.807, 2.05) is 32.9 Å². The number of hydrogen-bond acceptors (Lipinski definition) is 4. The standard InChI is InChI=1S/C26H34F3N3O4S/c1-6-19(4)30-25(34)23(7-2)31(16-20-11-8-10-18(3)14-20)24(33)17-32(37(5,35)36)22-13-9-12-21(15-22)26(27,28)29/h8-15,19,23H,6-7,16-17H2,1-5H3,(H,30,34)/t19-,23+/m0/s1. The van der Waals surface area contributed by atoms with Crippen molar-refractivity contribution >= 4 is 27.5 Å². The molecule has 0 aromatic heterocycles. The number of nitrogens with zero attached hydrogens (tertiary/aromatic N) is 2. The maximum atomic E-state index is 13.6. The number of aryl methyl sites for hydroxylation is 1. The number of anilines is 1. The number of amides is 2. The van der Waals surface area contributed by atoms with Gasteiger partial charge < -0.3 is 10.2 Å². The molecule has 0 bridgehead atoms. The summed E-state index contributed by atoms with van der Waals surface area (Å²) >= 11 is 0. The fraction of sp³-hybridized carbons (Fsp3) is 0.462. The van der Waals surface area contributed by atoms with Crippen molar-refractivity contribution in [2.24, 2.45) is 0 Å². The monoisotopic (exact) mass is 541 g/mol. The predicted molar refractivity (Wildman–Crippen MR) is 137 cm³/mol. The Morgan fingerprint density at radius 2 is 1.68 bits per heavy atom. The maximum absolute atomic E-state index is 13.6. The van der Waals surface area contributed by atoms with Crippen LogP contribution >= 0.6 is 0 Å². The molecule has 0 spiro atoms. The Morgan fingerprint density at radius 3 is 2.22 bits per heavy atom. The lowest BCUT2D eigenvalue weighted by Gasteiger charge is -2.33. The Kier molecular flexibility index (Phi) is 10.1. The lowest BCUT2D eigenvalue weighted by molar-refractivity contribution is -0.140. The summed E-state index contributed by atoms with van der Waals surface area (Å²) in [6, 6.07) is 10.0. The molecule has 2 rings (SSSR count). The summed E-state index contributed by atoms with van der Waals surface area (Å²) < 4.78 is 65.7. The molecule has 204 valence electrons. The molecule has 1 N–H and O–H groups in total. The van der Waals surface area contributed by atoms with E-state index in [4.69, 9.17) is 0 Å². The van der Waals surface area contributed by atoms with E-state index in [-0.39, 0.29) is 30.6 Å². The summed E-state index contributed by atoms with van der Waals surface area (Å²) in [6.45, 7) is 6.60. The molecule has 2 aromatic rings. The van der Waals surface area contributed by atoms with E-state index in [1.165, 1.54) is 11.0 Å². The second-order valence-electron chi connectivity index (χ2n) is 9.07. The van der Waals surface area contributed by atoms with E-state index < -0.39 is 40.3 Å². The Labute approximate surface area is 216 Å². The van der Waals surface area contributed by atoms with Crippen molar-refractivity contribution in [2.75, 3.05) is 17.1 Å². The van der Waals surface area contributed by atoms with Crippen molar-refractivity contribution in [3.8, 4) is 0 Å². The second-order valence-corrected chi connectivity index (χ2v) is 11.0. The fourth-order valence-corrected chi connectivity index (χ4v) is 4.66. The Morgan fingerprint density at radius 1 is 1.03 bits per heavy atom. The number of rotatable bonds is 11. The van der Waals surface area contributed by atoms with Crippen LogP contribution in [0.3, 0.4) is 0 Å². The largest absolute Gasteiger partial charge is 0.416 e. The molecule has 11 heteroatoms. The van der Waals surface area contributed by atoms with Gasteiger partial charge in [0.1, 0.15) is 12.6 Å². The van der Waals surface area contributed by atoms with Crippen LogP contribution in [0.4, 0.5) is 18.9 Å². The van der Waals surface area contributed by atoms with E-state index in [1.54, 1.807) is 19.1 Å². The second kappa shape index (κ2) is 12.4. The number of hydrogen-bond donors (Lipinski definition) is 1. The molecule has 7 nitrogen and oxygen atoms in total. The van der Waals surface area contributed by atoms with Gasteiger partial charge in [0.05, 0.1) is 17.5 Å². The van der Waals surface area contributed by atoms with E-state index in [0.29, 0.717) is 16.8 Å². The van der Waals surface area contributed by atoms with E-state index in [2.05, 4.69) is 5.32 Å². The summed E-state index contributed by atoms with van der Waals surface area (Å²) in [4.78, 5) is 28.0. The summed E-state index contributed by atoms with van der Waals surface area (Å²) in [5.74, 6) is -1.10. The topological polar surface area (TPSA) is 86.8 Å². The van der Waals surface area contributed by atoms with Crippen molar-refractivity contribution in [1.29, 1.82) is 0 Å². The van der Waals surface area contributed by atoms with Crippen molar-refractivity contribution < 1.29 is 31.2 Å². The fourth-order valence-electron chi connectivity index (χ4n) is 3.82. The minimum absolute atomic E-state index is 0.0210. The number of carbonyl (C=O) groups is 2. The summed E-state index contributed by atoms with van der Waals surface area (Å²) in [5.41, 5.74) is 0.331. The predicted octanol–water partition coefficient (Wildman–Crippen LogP) is 4.50. The van der Waals surface area contributed by atoms with Crippen LogP contribution < -0.4 is 9.62 Å². The quantitative estimate of drug-likeness (QED) is 0.454. The van der Waals surface area contributed by atoms with Crippen molar-refractivity contribution in [3.63, 3.8) is 0 Å². The van der Waals surface area contributed by atoms with Crippen molar-refractivity contribution in [3.05, 3.63) is 65.2 Å². The third kappa shape index (κ3) is 8.48. The molecule has 0 aliphatic carbocycles. The normalized spacial score (nSPS) is 13.5. The Hall–Kier alpha value is -3.08. The van der Waals surface area contributed by atoms with Gasteiger partial charge in [-0.25, -0.2) is 8.42 Å². The molecule has 0 saturated carbocycles. The SMILES string of the molecule is CC[C@H](C(=O)N[C@@H](C)CC)N(Cc1cccc(C)c1)C(=O)CN(c1cccc(C(F)(F)F)c1)S(C)(=O)=O. The zero-order valence-electron chi connectivity index (χ0n) is 21.7. The molecule has 0 heterocycles. The first-order chi connectivity index (χ1) is 17.2. The van der Waals surface area contributed by atoms with Crippen molar-refractivity contribution in [2.45, 2.75) is 65.3 Å². The number of nitrogens with one attached hydrogen (secondary N) is 1. The van der Waals surface area contributed by atoms with Crippen LogP contribution in [0, 0.1) is 6.92 Å². The molecule has 2 aromatic carbocycles. The Bertz CT molecular complexity index is 1200. The average molecular weight is 542 g/mol. The van der Waals surface area contributed by atoms with Crippen LogP contribution in [-0.4, -0.2) is 50.0 Å². The van der Waals surface area contributed by atoms with Gasteiger partial charge in [-0.1, -0.05) is 49.7 Å². The lowest BCUT2D eigenvalue weighted by atomic mass is 10.1. The molecular weight excluding hydrogens is 507 g/mol. The summed E-state index contributed by atoms with van der Waals surface area (Å²) in [7, 11) is -4.15. The highest BCUT2D eigenvalue weighted by molar-refractivity contribution is 7.92. The number of halogens is 3. The van der Waals surface area contributed by atoms with Crippen LogP contribution in [0.1, 0.15) is 50.3 Å². The zero-order valence-corrected chi connectivity index (χ0v) is 22.5. The molecule has 0 radical (unpaired) electrons. The van der Waals surface area contributed by atoms with Crippen LogP contribution in [0.5, 0.6) is 0 Å². The zero-order chi connectivity index (χ0) is 28.0. The van der Waals surface area contributed by atoms with Crippen LogP contribution in [0.2, 0.25) is 0 Å². The first-order valence-corrected chi connectivity index (χ1v) is 13.8. The van der Waals surface area contributed by atoms with E-state index >= 15 is 0 Å².